The number of carbonyl (C=O) groups excluding carboxylic acids is 4. The van der Waals surface area contributed by atoms with Crippen LogP contribution >= 0.6 is 23.2 Å². The largest absolute Gasteiger partial charge is 0.463 e. The summed E-state index contributed by atoms with van der Waals surface area (Å²) in [6, 6.07) is 16.4. The van der Waals surface area contributed by atoms with Crippen LogP contribution in [0.15, 0.2) is 59.4 Å². The van der Waals surface area contributed by atoms with Crippen LogP contribution in [-0.2, 0) is 42.9 Å². The van der Waals surface area contributed by atoms with Crippen molar-refractivity contribution < 1.29 is 42.9 Å². The van der Waals surface area contributed by atoms with Crippen molar-refractivity contribution in [1.29, 1.82) is 5.26 Å². The van der Waals surface area contributed by atoms with Crippen LogP contribution in [0.3, 0.4) is 0 Å². The second kappa shape index (κ2) is 14.6. The maximum absolute atomic E-state index is 14.4. The Morgan fingerprint density at radius 1 is 0.783 bits per heavy atom. The van der Waals surface area contributed by atoms with Gasteiger partial charge in [-0.3, -0.25) is 28.5 Å². The molecule has 2 aromatic carbocycles. The Morgan fingerprint density at radius 3 is 1.78 bits per heavy atom. The standard InChI is InChI=1S/C32H28Cl2N2O10/c1-16(37)42-15-27-28(43-17(2)38)29(44-18(3)39)30(45-19(4)40)32(46-27)36-26(21-7-11-23(34)12-8-21)13-24(25(14-35)31(36)41)20-5-9-22(33)10-6-20/h5-13,27-30,32H,15H2,1-4H3/t27-,28-,29+,30-,32-/m1/s1. The number of rotatable bonds is 8. The van der Waals surface area contributed by atoms with E-state index in [1.165, 1.54) is 0 Å². The van der Waals surface area contributed by atoms with Gasteiger partial charge in [-0.25, -0.2) is 0 Å². The Balaban J connectivity index is 2.06. The summed E-state index contributed by atoms with van der Waals surface area (Å²) in [6.45, 7) is 3.90. The van der Waals surface area contributed by atoms with Crippen LogP contribution in [0, 0.1) is 11.3 Å². The van der Waals surface area contributed by atoms with Gasteiger partial charge in [0.2, 0.25) is 0 Å². The molecular formula is C32H28Cl2N2O10. The van der Waals surface area contributed by atoms with E-state index in [2.05, 4.69) is 0 Å². The van der Waals surface area contributed by atoms with Gasteiger partial charge in [-0.1, -0.05) is 47.5 Å². The first-order chi connectivity index (χ1) is 21.8. The molecule has 3 aromatic rings. The molecular weight excluding hydrogens is 643 g/mol. The van der Waals surface area contributed by atoms with Crippen molar-refractivity contribution in [2.24, 2.45) is 0 Å². The number of nitrogens with zero attached hydrogens (tertiary/aromatic N) is 2. The van der Waals surface area contributed by atoms with Crippen LogP contribution in [0.1, 0.15) is 39.5 Å². The van der Waals surface area contributed by atoms with Crippen molar-refractivity contribution in [3.63, 3.8) is 0 Å². The smallest absolute Gasteiger partial charge is 0.303 e. The Morgan fingerprint density at radius 2 is 1.28 bits per heavy atom. The fourth-order valence-corrected chi connectivity index (χ4v) is 5.35. The van der Waals surface area contributed by atoms with Gasteiger partial charge in [-0.15, -0.1) is 0 Å². The lowest BCUT2D eigenvalue weighted by atomic mass is 9.95. The van der Waals surface area contributed by atoms with Crippen molar-refractivity contribution in [3.05, 3.63) is 80.6 Å². The summed E-state index contributed by atoms with van der Waals surface area (Å²) in [5.74, 6) is -3.20. The van der Waals surface area contributed by atoms with Crippen molar-refractivity contribution in [2.75, 3.05) is 6.61 Å². The highest BCUT2D eigenvalue weighted by Gasteiger charge is 2.53. The third kappa shape index (κ3) is 7.74. The third-order valence-electron chi connectivity index (χ3n) is 6.87. The second-order valence-corrected chi connectivity index (χ2v) is 11.1. The average molecular weight is 671 g/mol. The van der Waals surface area contributed by atoms with Gasteiger partial charge >= 0.3 is 23.9 Å². The minimum Gasteiger partial charge on any atom is -0.463 e. The molecule has 1 aliphatic heterocycles. The van der Waals surface area contributed by atoms with Gasteiger partial charge in [0.05, 0.1) is 5.69 Å². The van der Waals surface area contributed by atoms with E-state index in [0.717, 1.165) is 32.3 Å². The lowest BCUT2D eigenvalue weighted by Crippen LogP contribution is -2.61. The van der Waals surface area contributed by atoms with Crippen LogP contribution in [-0.4, -0.2) is 59.5 Å². The minimum atomic E-state index is -1.61. The van der Waals surface area contributed by atoms with E-state index in [1.807, 2.05) is 6.07 Å². The summed E-state index contributed by atoms with van der Waals surface area (Å²) in [5.41, 5.74) is 0.229. The van der Waals surface area contributed by atoms with Crippen LogP contribution in [0.25, 0.3) is 22.4 Å². The number of ether oxygens (including phenoxy) is 5. The van der Waals surface area contributed by atoms with Crippen molar-refractivity contribution >= 4 is 47.1 Å². The predicted octanol–water partition coefficient (Wildman–Crippen LogP) is 4.62. The molecule has 0 N–H and O–H groups in total. The number of nitriles is 1. The van der Waals surface area contributed by atoms with Crippen molar-refractivity contribution in [3.8, 4) is 28.5 Å². The average Bonchev–Trinajstić information content (AvgIpc) is 2.98. The second-order valence-electron chi connectivity index (χ2n) is 10.2. The van der Waals surface area contributed by atoms with Crippen LogP contribution < -0.4 is 5.56 Å². The summed E-state index contributed by atoms with van der Waals surface area (Å²) in [5, 5.41) is 11.1. The summed E-state index contributed by atoms with van der Waals surface area (Å²) in [6.07, 6.45) is -7.53. The number of halogens is 2. The van der Waals surface area contributed by atoms with Gasteiger partial charge in [0, 0.05) is 43.3 Å². The molecule has 46 heavy (non-hydrogen) atoms. The van der Waals surface area contributed by atoms with E-state index in [9.17, 15) is 29.2 Å². The van der Waals surface area contributed by atoms with Gasteiger partial charge in [-0.05, 0) is 41.5 Å². The number of pyridine rings is 1. The summed E-state index contributed by atoms with van der Waals surface area (Å²) < 4.78 is 29.1. The first-order valence-electron chi connectivity index (χ1n) is 13.8. The molecule has 1 aliphatic rings. The fourth-order valence-electron chi connectivity index (χ4n) is 5.10. The summed E-state index contributed by atoms with van der Waals surface area (Å²) in [4.78, 5) is 63.1. The molecule has 1 saturated heterocycles. The van der Waals surface area contributed by atoms with E-state index < -0.39 is 66.7 Å². The van der Waals surface area contributed by atoms with Crippen LogP contribution in [0.5, 0.6) is 0 Å². The Bertz CT molecular complexity index is 1750. The zero-order valence-corrected chi connectivity index (χ0v) is 26.5. The van der Waals surface area contributed by atoms with E-state index in [1.54, 1.807) is 54.6 Å². The predicted molar refractivity (Wildman–Crippen MR) is 164 cm³/mol. The Hall–Kier alpha value is -4.70. The highest BCUT2D eigenvalue weighted by atomic mass is 35.5. The number of aromatic nitrogens is 1. The molecule has 12 nitrogen and oxygen atoms in total. The number of esters is 4. The Labute approximate surface area is 273 Å². The monoisotopic (exact) mass is 670 g/mol. The molecule has 0 spiro atoms. The van der Waals surface area contributed by atoms with Crippen LogP contribution in [0.2, 0.25) is 10.0 Å². The van der Waals surface area contributed by atoms with E-state index in [0.29, 0.717) is 21.2 Å². The van der Waals surface area contributed by atoms with E-state index in [-0.39, 0.29) is 16.8 Å². The van der Waals surface area contributed by atoms with Gasteiger partial charge < -0.3 is 23.7 Å². The molecule has 1 aromatic heterocycles. The first-order valence-corrected chi connectivity index (χ1v) is 14.6. The molecule has 1 fully saturated rings. The molecule has 0 bridgehead atoms. The Kier molecular flexibility index (Phi) is 10.8. The van der Waals surface area contributed by atoms with Gasteiger partial charge in [0.1, 0.15) is 24.3 Å². The van der Waals surface area contributed by atoms with Crippen LogP contribution in [0.4, 0.5) is 0 Å². The number of hydrogen-bond donors (Lipinski definition) is 0. The highest BCUT2D eigenvalue weighted by Crippen LogP contribution is 2.38. The number of hydrogen-bond acceptors (Lipinski definition) is 11. The van der Waals surface area contributed by atoms with Crippen molar-refractivity contribution in [2.45, 2.75) is 58.3 Å². The SMILES string of the molecule is CC(=O)OC[C@H]1O[C@@H](n2c(-c3ccc(Cl)cc3)cc(-c3ccc(Cl)cc3)c(C#N)c2=O)[C@H](OC(C)=O)[C@@H](OC(C)=O)[C@@H]1OC(C)=O. The summed E-state index contributed by atoms with van der Waals surface area (Å²) >= 11 is 12.2. The van der Waals surface area contributed by atoms with Gasteiger partial charge in [0.15, 0.2) is 24.5 Å². The molecule has 0 saturated carbocycles. The third-order valence-corrected chi connectivity index (χ3v) is 7.37. The zero-order chi connectivity index (χ0) is 33.7. The zero-order valence-electron chi connectivity index (χ0n) is 25.0. The number of carbonyl (C=O) groups is 4. The molecule has 240 valence electrons. The van der Waals surface area contributed by atoms with Crippen molar-refractivity contribution in [1.82, 2.24) is 4.57 Å². The maximum atomic E-state index is 14.4. The highest BCUT2D eigenvalue weighted by molar-refractivity contribution is 6.31. The molecule has 2 heterocycles. The normalized spacial score (nSPS) is 20.6. The van der Waals surface area contributed by atoms with E-state index in [4.69, 9.17) is 46.9 Å². The molecule has 0 radical (unpaired) electrons. The quantitative estimate of drug-likeness (QED) is 0.243. The topological polar surface area (TPSA) is 160 Å². The molecule has 14 heteroatoms. The molecule has 0 unspecified atom stereocenters. The molecule has 0 aliphatic carbocycles. The maximum Gasteiger partial charge on any atom is 0.303 e. The van der Waals surface area contributed by atoms with E-state index >= 15 is 0 Å². The molecule has 0 amide bonds. The molecule has 5 atom stereocenters. The number of benzene rings is 2. The fraction of sp³-hybridized carbons (Fsp3) is 0.312. The van der Waals surface area contributed by atoms with Gasteiger partial charge in [0.25, 0.3) is 5.56 Å². The minimum absolute atomic E-state index is 0.187. The lowest BCUT2D eigenvalue weighted by molar-refractivity contribution is -0.268. The first kappa shape index (κ1) is 34.2. The summed E-state index contributed by atoms with van der Waals surface area (Å²) in [7, 11) is 0. The molecule has 4 rings (SSSR count). The lowest BCUT2D eigenvalue weighted by Gasteiger charge is -2.45. The van der Waals surface area contributed by atoms with Gasteiger partial charge in [-0.2, -0.15) is 5.26 Å².